The van der Waals surface area contributed by atoms with Gasteiger partial charge in [0.25, 0.3) is 0 Å². The predicted molar refractivity (Wildman–Crippen MR) is 71.1 cm³/mol. The fourth-order valence-corrected chi connectivity index (χ4v) is 1.95. The van der Waals surface area contributed by atoms with Crippen molar-refractivity contribution in [2.45, 2.75) is 43.6 Å². The highest BCUT2D eigenvalue weighted by molar-refractivity contribution is 8.00. The van der Waals surface area contributed by atoms with Gasteiger partial charge < -0.3 is 5.32 Å². The molecule has 0 aliphatic rings. The van der Waals surface area contributed by atoms with Crippen LogP contribution in [0.2, 0.25) is 0 Å². The summed E-state index contributed by atoms with van der Waals surface area (Å²) in [5.74, 6) is -0.180. The first kappa shape index (κ1) is 15.4. The van der Waals surface area contributed by atoms with Crippen LogP contribution in [0.25, 0.3) is 0 Å². The molecule has 1 rings (SSSR count). The van der Waals surface area contributed by atoms with Crippen molar-refractivity contribution in [2.75, 3.05) is 0 Å². The largest absolute Gasteiger partial charge is 0.337 e. The highest BCUT2D eigenvalue weighted by Crippen LogP contribution is 2.21. The molecule has 0 radical (unpaired) electrons. The van der Waals surface area contributed by atoms with Crippen molar-refractivity contribution in [1.29, 1.82) is 5.26 Å². The molecule has 1 aromatic heterocycles. The Hall–Kier alpha value is -1.62. The van der Waals surface area contributed by atoms with Crippen LogP contribution in [0.4, 0.5) is 0 Å². The number of amides is 1. The number of carbonyl (C=O) groups excluding carboxylic acids is 1. The number of carbonyl (C=O) groups is 1. The average molecular weight is 282 g/mol. The number of hydrogen-bond donors (Lipinski definition) is 1. The molecule has 8 heteroatoms. The SMILES string of the molecule is CC(Sc1nnnn1C)C(=O)NC(C)(C#N)C(C)C. The summed E-state index contributed by atoms with van der Waals surface area (Å²) in [6, 6.07) is 2.15. The monoisotopic (exact) mass is 282 g/mol. The number of aryl methyl sites for hydroxylation is 1. The fourth-order valence-electron chi connectivity index (χ4n) is 1.19. The van der Waals surface area contributed by atoms with Gasteiger partial charge in [0, 0.05) is 7.05 Å². The van der Waals surface area contributed by atoms with Gasteiger partial charge in [0.2, 0.25) is 11.1 Å². The maximum atomic E-state index is 12.1. The normalized spacial score (nSPS) is 15.6. The van der Waals surface area contributed by atoms with Gasteiger partial charge in [0.1, 0.15) is 5.54 Å². The number of nitrogens with one attached hydrogen (secondary N) is 1. The lowest BCUT2D eigenvalue weighted by atomic mass is 9.90. The molecule has 2 unspecified atom stereocenters. The lowest BCUT2D eigenvalue weighted by Crippen LogP contribution is -2.51. The summed E-state index contributed by atoms with van der Waals surface area (Å²) in [4.78, 5) is 12.1. The Morgan fingerprint density at radius 2 is 2.16 bits per heavy atom. The molecule has 1 heterocycles. The van der Waals surface area contributed by atoms with Crippen molar-refractivity contribution in [3.8, 4) is 6.07 Å². The maximum Gasteiger partial charge on any atom is 0.234 e. The quantitative estimate of drug-likeness (QED) is 0.800. The van der Waals surface area contributed by atoms with Crippen molar-refractivity contribution >= 4 is 17.7 Å². The summed E-state index contributed by atoms with van der Waals surface area (Å²) in [7, 11) is 1.71. The third-order valence-electron chi connectivity index (χ3n) is 3.00. The molecule has 0 aromatic carbocycles. The van der Waals surface area contributed by atoms with Gasteiger partial charge in [0.15, 0.2) is 0 Å². The van der Waals surface area contributed by atoms with E-state index in [1.165, 1.54) is 16.4 Å². The topological polar surface area (TPSA) is 96.5 Å². The molecule has 1 aromatic rings. The van der Waals surface area contributed by atoms with Gasteiger partial charge in [-0.1, -0.05) is 25.6 Å². The summed E-state index contributed by atoms with van der Waals surface area (Å²) in [6.07, 6.45) is 0. The van der Waals surface area contributed by atoms with Crippen LogP contribution in [-0.2, 0) is 11.8 Å². The second-order valence-electron chi connectivity index (χ2n) is 4.80. The Bertz CT molecular complexity index is 494. The van der Waals surface area contributed by atoms with Crippen molar-refractivity contribution < 1.29 is 4.79 Å². The van der Waals surface area contributed by atoms with E-state index in [-0.39, 0.29) is 17.1 Å². The van der Waals surface area contributed by atoms with Crippen LogP contribution < -0.4 is 5.32 Å². The fraction of sp³-hybridized carbons (Fsp3) is 0.727. The highest BCUT2D eigenvalue weighted by atomic mass is 32.2. The molecule has 7 nitrogen and oxygen atoms in total. The lowest BCUT2D eigenvalue weighted by Gasteiger charge is -2.28. The minimum absolute atomic E-state index is 0.0233. The summed E-state index contributed by atoms with van der Waals surface area (Å²) in [5, 5.41) is 23.2. The first-order chi connectivity index (χ1) is 8.80. The van der Waals surface area contributed by atoms with E-state index in [0.29, 0.717) is 5.16 Å². The van der Waals surface area contributed by atoms with Crippen LogP contribution in [-0.4, -0.2) is 36.9 Å². The Morgan fingerprint density at radius 1 is 1.53 bits per heavy atom. The van der Waals surface area contributed by atoms with Crippen LogP contribution in [0.1, 0.15) is 27.7 Å². The Kier molecular flexibility index (Phi) is 4.89. The molecule has 0 fully saturated rings. The predicted octanol–water partition coefficient (Wildman–Crippen LogP) is 0.745. The standard InChI is InChI=1S/C11H18N6OS/c1-7(2)11(4,6-12)13-9(18)8(3)19-10-14-15-16-17(10)5/h7-8H,1-5H3,(H,13,18). The first-order valence-corrected chi connectivity index (χ1v) is 6.80. The molecule has 1 N–H and O–H groups in total. The molecule has 104 valence electrons. The van der Waals surface area contributed by atoms with Gasteiger partial charge in [-0.05, 0) is 30.2 Å². The van der Waals surface area contributed by atoms with Crippen LogP contribution in [0, 0.1) is 17.2 Å². The zero-order chi connectivity index (χ0) is 14.6. The van der Waals surface area contributed by atoms with E-state index in [4.69, 9.17) is 0 Å². The third kappa shape index (κ3) is 3.67. The number of nitrogens with zero attached hydrogens (tertiary/aromatic N) is 5. The Balaban J connectivity index is 2.69. The summed E-state index contributed by atoms with van der Waals surface area (Å²) >= 11 is 1.25. The van der Waals surface area contributed by atoms with E-state index in [0.717, 1.165) is 0 Å². The minimum Gasteiger partial charge on any atom is -0.337 e. The zero-order valence-electron chi connectivity index (χ0n) is 11.7. The van der Waals surface area contributed by atoms with E-state index in [1.807, 2.05) is 13.8 Å². The van der Waals surface area contributed by atoms with Gasteiger partial charge in [-0.25, -0.2) is 4.68 Å². The number of nitriles is 1. The molecule has 0 aliphatic heterocycles. The average Bonchev–Trinajstić information content (AvgIpc) is 2.74. The summed E-state index contributed by atoms with van der Waals surface area (Å²) in [5.41, 5.74) is -0.871. The molecule has 0 bridgehead atoms. The summed E-state index contributed by atoms with van der Waals surface area (Å²) in [6.45, 7) is 7.27. The molecule has 0 saturated carbocycles. The number of aromatic nitrogens is 4. The lowest BCUT2D eigenvalue weighted by molar-refractivity contribution is -0.121. The van der Waals surface area contributed by atoms with E-state index in [9.17, 15) is 10.1 Å². The van der Waals surface area contributed by atoms with Gasteiger partial charge in [0.05, 0.1) is 11.3 Å². The zero-order valence-corrected chi connectivity index (χ0v) is 12.5. The van der Waals surface area contributed by atoms with E-state index in [1.54, 1.807) is 20.9 Å². The van der Waals surface area contributed by atoms with Crippen LogP contribution in [0.5, 0.6) is 0 Å². The van der Waals surface area contributed by atoms with Crippen molar-refractivity contribution in [3.63, 3.8) is 0 Å². The smallest absolute Gasteiger partial charge is 0.234 e. The number of hydrogen-bond acceptors (Lipinski definition) is 6. The molecular formula is C11H18N6OS. The molecule has 2 atom stereocenters. The highest BCUT2D eigenvalue weighted by Gasteiger charge is 2.32. The van der Waals surface area contributed by atoms with Gasteiger partial charge in [-0.3, -0.25) is 4.79 Å². The first-order valence-electron chi connectivity index (χ1n) is 5.92. The van der Waals surface area contributed by atoms with Crippen LogP contribution in [0.15, 0.2) is 5.16 Å². The molecule has 0 aliphatic carbocycles. The second kappa shape index (κ2) is 6.02. The minimum atomic E-state index is -0.871. The number of tetrazole rings is 1. The Morgan fingerprint density at radius 3 is 2.58 bits per heavy atom. The second-order valence-corrected chi connectivity index (χ2v) is 6.11. The van der Waals surface area contributed by atoms with Crippen molar-refractivity contribution in [3.05, 3.63) is 0 Å². The van der Waals surface area contributed by atoms with Crippen LogP contribution in [0.3, 0.4) is 0 Å². The van der Waals surface area contributed by atoms with E-state index >= 15 is 0 Å². The number of thioether (sulfide) groups is 1. The van der Waals surface area contributed by atoms with Gasteiger partial charge in [-0.15, -0.1) is 5.10 Å². The third-order valence-corrected chi connectivity index (χ3v) is 4.13. The molecule has 19 heavy (non-hydrogen) atoms. The maximum absolute atomic E-state index is 12.1. The van der Waals surface area contributed by atoms with Crippen molar-refractivity contribution in [1.82, 2.24) is 25.5 Å². The van der Waals surface area contributed by atoms with Crippen LogP contribution >= 0.6 is 11.8 Å². The van der Waals surface area contributed by atoms with E-state index < -0.39 is 5.54 Å². The van der Waals surface area contributed by atoms with Gasteiger partial charge >= 0.3 is 0 Å². The molecule has 1 amide bonds. The molecular weight excluding hydrogens is 264 g/mol. The Labute approximate surface area is 116 Å². The summed E-state index contributed by atoms with van der Waals surface area (Å²) < 4.78 is 1.50. The van der Waals surface area contributed by atoms with Gasteiger partial charge in [-0.2, -0.15) is 5.26 Å². The molecule has 0 saturated heterocycles. The van der Waals surface area contributed by atoms with E-state index in [2.05, 4.69) is 26.9 Å². The molecule has 0 spiro atoms. The number of rotatable bonds is 5. The van der Waals surface area contributed by atoms with Crippen molar-refractivity contribution in [2.24, 2.45) is 13.0 Å².